The normalized spacial score (nSPS) is 14.6. The van der Waals surface area contributed by atoms with Crippen LogP contribution in [-0.2, 0) is 6.61 Å². The number of ether oxygens (including phenoxy) is 2. The minimum atomic E-state index is -0.0721. The quantitative estimate of drug-likeness (QED) is 0.495. The molecule has 1 amide bonds. The van der Waals surface area contributed by atoms with Crippen LogP contribution in [0.5, 0.6) is 11.5 Å². The zero-order valence-electron chi connectivity index (χ0n) is 20.2. The van der Waals surface area contributed by atoms with Gasteiger partial charge in [-0.15, -0.1) is 0 Å². The Morgan fingerprint density at radius 1 is 1.09 bits per heavy atom. The number of amides is 1. The third kappa shape index (κ3) is 5.75. The van der Waals surface area contributed by atoms with Gasteiger partial charge in [-0.1, -0.05) is 18.2 Å². The van der Waals surface area contributed by atoms with Crippen LogP contribution in [0.4, 0.5) is 0 Å². The van der Waals surface area contributed by atoms with Crippen molar-refractivity contribution in [2.75, 3.05) is 26.7 Å². The highest BCUT2D eigenvalue weighted by atomic mass is 16.5. The lowest BCUT2D eigenvalue weighted by Gasteiger charge is -2.28. The van der Waals surface area contributed by atoms with Gasteiger partial charge in [0.05, 0.1) is 13.2 Å². The number of rotatable bonds is 9. The minimum Gasteiger partial charge on any atom is -0.497 e. The van der Waals surface area contributed by atoms with Crippen molar-refractivity contribution in [3.63, 3.8) is 0 Å². The average molecular weight is 460 g/mol. The van der Waals surface area contributed by atoms with E-state index in [1.807, 2.05) is 50.2 Å². The van der Waals surface area contributed by atoms with E-state index in [-0.39, 0.29) is 11.9 Å². The number of methoxy groups -OCH3 is 1. The van der Waals surface area contributed by atoms with Gasteiger partial charge >= 0.3 is 0 Å². The fourth-order valence-electron chi connectivity index (χ4n) is 4.60. The fourth-order valence-corrected chi connectivity index (χ4v) is 4.60. The number of aromatic nitrogens is 1. The molecule has 34 heavy (non-hydrogen) atoms. The second-order valence-corrected chi connectivity index (χ2v) is 8.83. The largest absolute Gasteiger partial charge is 0.497 e. The van der Waals surface area contributed by atoms with E-state index in [9.17, 15) is 4.79 Å². The van der Waals surface area contributed by atoms with Crippen LogP contribution in [0.2, 0.25) is 0 Å². The van der Waals surface area contributed by atoms with Crippen molar-refractivity contribution in [3.05, 3.63) is 88.7 Å². The molecule has 1 fully saturated rings. The number of nitrogens with one attached hydrogen (secondary N) is 1. The second kappa shape index (κ2) is 11.2. The molecule has 1 saturated heterocycles. The van der Waals surface area contributed by atoms with Gasteiger partial charge < -0.3 is 14.8 Å². The van der Waals surface area contributed by atoms with Crippen molar-refractivity contribution < 1.29 is 14.3 Å². The summed E-state index contributed by atoms with van der Waals surface area (Å²) in [5.74, 6) is 1.57. The summed E-state index contributed by atoms with van der Waals surface area (Å²) in [4.78, 5) is 19.7. The standard InChI is InChI=1S/C28H33N3O3/c1-20-14-24(15-21(2)27(20)34-19-22-8-7-11-29-17-22)28(32)30-18-26(31-12-4-5-13-31)23-9-6-10-25(16-23)33-3/h6-11,14-17,26H,4-5,12-13,18-19H2,1-3H3,(H,30,32). The van der Waals surface area contributed by atoms with E-state index < -0.39 is 0 Å². The molecule has 1 N–H and O–H groups in total. The van der Waals surface area contributed by atoms with Crippen LogP contribution in [-0.4, -0.2) is 42.5 Å². The van der Waals surface area contributed by atoms with E-state index in [0.717, 1.165) is 46.8 Å². The van der Waals surface area contributed by atoms with E-state index in [2.05, 4.69) is 27.3 Å². The molecule has 0 aliphatic carbocycles. The maximum Gasteiger partial charge on any atom is 0.251 e. The Morgan fingerprint density at radius 3 is 2.53 bits per heavy atom. The van der Waals surface area contributed by atoms with E-state index in [0.29, 0.717) is 18.7 Å². The molecule has 1 aliphatic heterocycles. The number of pyridine rings is 1. The van der Waals surface area contributed by atoms with Crippen molar-refractivity contribution in [3.8, 4) is 11.5 Å². The summed E-state index contributed by atoms with van der Waals surface area (Å²) < 4.78 is 11.5. The highest BCUT2D eigenvalue weighted by Crippen LogP contribution is 2.28. The first-order valence-corrected chi connectivity index (χ1v) is 11.8. The van der Waals surface area contributed by atoms with Gasteiger partial charge in [0.25, 0.3) is 5.91 Å². The lowest BCUT2D eigenvalue weighted by Crippen LogP contribution is -2.36. The van der Waals surface area contributed by atoms with Gasteiger partial charge in [-0.25, -0.2) is 0 Å². The third-order valence-corrected chi connectivity index (χ3v) is 6.34. The molecule has 2 heterocycles. The average Bonchev–Trinajstić information content (AvgIpc) is 3.39. The summed E-state index contributed by atoms with van der Waals surface area (Å²) >= 11 is 0. The molecule has 1 atom stereocenters. The number of benzene rings is 2. The van der Waals surface area contributed by atoms with Crippen LogP contribution in [0.15, 0.2) is 60.9 Å². The molecule has 4 rings (SSSR count). The topological polar surface area (TPSA) is 63.7 Å². The Hall–Kier alpha value is -3.38. The lowest BCUT2D eigenvalue weighted by molar-refractivity contribution is 0.0937. The van der Waals surface area contributed by atoms with Gasteiger partial charge in [0.2, 0.25) is 0 Å². The molecule has 3 aromatic rings. The molecule has 6 nitrogen and oxygen atoms in total. The molecule has 0 radical (unpaired) electrons. The van der Waals surface area contributed by atoms with Crippen molar-refractivity contribution in [1.82, 2.24) is 15.2 Å². The van der Waals surface area contributed by atoms with Crippen LogP contribution < -0.4 is 14.8 Å². The zero-order chi connectivity index (χ0) is 23.9. The fraction of sp³-hybridized carbons (Fsp3) is 0.357. The number of likely N-dealkylation sites (tertiary alicyclic amines) is 1. The highest BCUT2D eigenvalue weighted by Gasteiger charge is 2.24. The van der Waals surface area contributed by atoms with Crippen LogP contribution in [0.25, 0.3) is 0 Å². The molecule has 6 heteroatoms. The van der Waals surface area contributed by atoms with Gasteiger partial charge in [0.1, 0.15) is 18.1 Å². The summed E-state index contributed by atoms with van der Waals surface area (Å²) in [6.07, 6.45) is 5.92. The summed E-state index contributed by atoms with van der Waals surface area (Å²) in [6.45, 7) is 7.03. The highest BCUT2D eigenvalue weighted by molar-refractivity contribution is 5.95. The number of aryl methyl sites for hydroxylation is 2. The number of hydrogen-bond acceptors (Lipinski definition) is 5. The predicted molar refractivity (Wildman–Crippen MR) is 133 cm³/mol. The third-order valence-electron chi connectivity index (χ3n) is 6.34. The number of hydrogen-bond donors (Lipinski definition) is 1. The molecule has 2 aromatic carbocycles. The molecule has 1 unspecified atom stereocenters. The molecule has 1 aliphatic rings. The Kier molecular flexibility index (Phi) is 7.80. The van der Waals surface area contributed by atoms with Gasteiger partial charge in [0.15, 0.2) is 0 Å². The van der Waals surface area contributed by atoms with Crippen molar-refractivity contribution in [2.24, 2.45) is 0 Å². The smallest absolute Gasteiger partial charge is 0.251 e. The summed E-state index contributed by atoms with van der Waals surface area (Å²) in [5, 5.41) is 3.17. The molecule has 1 aromatic heterocycles. The van der Waals surface area contributed by atoms with Crippen LogP contribution >= 0.6 is 0 Å². The van der Waals surface area contributed by atoms with Crippen LogP contribution in [0.3, 0.4) is 0 Å². The summed E-state index contributed by atoms with van der Waals surface area (Å²) in [7, 11) is 1.68. The van der Waals surface area contributed by atoms with Crippen molar-refractivity contribution in [1.29, 1.82) is 0 Å². The first-order chi connectivity index (χ1) is 16.5. The molecule has 0 saturated carbocycles. The van der Waals surface area contributed by atoms with E-state index in [1.54, 1.807) is 19.5 Å². The molecule has 178 valence electrons. The Balaban J connectivity index is 1.45. The maximum absolute atomic E-state index is 13.1. The first kappa shape index (κ1) is 23.8. The number of carbonyl (C=O) groups excluding carboxylic acids is 1. The maximum atomic E-state index is 13.1. The zero-order valence-corrected chi connectivity index (χ0v) is 20.2. The molecular formula is C28H33N3O3. The second-order valence-electron chi connectivity index (χ2n) is 8.83. The molecule has 0 spiro atoms. The first-order valence-electron chi connectivity index (χ1n) is 11.8. The Bertz CT molecular complexity index is 1090. The molecule has 0 bridgehead atoms. The monoisotopic (exact) mass is 459 g/mol. The van der Waals surface area contributed by atoms with Gasteiger partial charge in [-0.05, 0) is 86.8 Å². The van der Waals surface area contributed by atoms with Gasteiger partial charge in [-0.3, -0.25) is 14.7 Å². The van der Waals surface area contributed by atoms with E-state index in [4.69, 9.17) is 9.47 Å². The van der Waals surface area contributed by atoms with Crippen LogP contribution in [0.1, 0.15) is 51.5 Å². The Labute approximate surface area is 201 Å². The van der Waals surface area contributed by atoms with Gasteiger partial charge in [0, 0.05) is 30.1 Å². The van der Waals surface area contributed by atoms with Crippen LogP contribution in [0, 0.1) is 13.8 Å². The van der Waals surface area contributed by atoms with Crippen molar-refractivity contribution in [2.45, 2.75) is 39.3 Å². The lowest BCUT2D eigenvalue weighted by atomic mass is 10.0. The van der Waals surface area contributed by atoms with Gasteiger partial charge in [-0.2, -0.15) is 0 Å². The Morgan fingerprint density at radius 2 is 1.85 bits per heavy atom. The number of nitrogens with zero attached hydrogens (tertiary/aromatic N) is 2. The van der Waals surface area contributed by atoms with E-state index >= 15 is 0 Å². The minimum absolute atomic E-state index is 0.0721. The van der Waals surface area contributed by atoms with E-state index in [1.165, 1.54) is 12.8 Å². The summed E-state index contributed by atoms with van der Waals surface area (Å²) in [5.41, 5.74) is 4.70. The van der Waals surface area contributed by atoms with Crippen molar-refractivity contribution >= 4 is 5.91 Å². The number of carbonyl (C=O) groups is 1. The predicted octanol–water partition coefficient (Wildman–Crippen LogP) is 4.85. The SMILES string of the molecule is COc1cccc(C(CNC(=O)c2cc(C)c(OCc3cccnc3)c(C)c2)N2CCCC2)c1. The summed E-state index contributed by atoms with van der Waals surface area (Å²) in [6, 6.07) is 15.9. The molecular weight excluding hydrogens is 426 g/mol.